The van der Waals surface area contributed by atoms with E-state index < -0.39 is 10.1 Å². The molecule has 0 atom stereocenters. The Morgan fingerprint density at radius 3 is 2.78 bits per heavy atom. The van der Waals surface area contributed by atoms with Gasteiger partial charge in [-0.05, 0) is 37.7 Å². The van der Waals surface area contributed by atoms with Crippen LogP contribution in [0.5, 0.6) is 0 Å². The first kappa shape index (κ1) is 15.2. The maximum Gasteiger partial charge on any atom is 0.264 e. The Hall–Kier alpha value is -0.880. The first-order valence-corrected chi connectivity index (χ1v) is 7.98. The molecule has 0 heterocycles. The fourth-order valence-electron chi connectivity index (χ4n) is 1.93. The molecule has 0 saturated heterocycles. The maximum absolute atomic E-state index is 10.7. The van der Waals surface area contributed by atoms with E-state index in [9.17, 15) is 8.42 Å². The minimum Gasteiger partial charge on any atom is -0.399 e. The van der Waals surface area contributed by atoms with Crippen LogP contribution < -0.4 is 0 Å². The highest BCUT2D eigenvalue weighted by Gasteiger charge is 2.13. The number of oxime groups is 1. The van der Waals surface area contributed by atoms with Gasteiger partial charge in [-0.3, -0.25) is 4.18 Å². The van der Waals surface area contributed by atoms with Crippen LogP contribution in [0.25, 0.3) is 0 Å². The minimum atomic E-state index is -3.29. The third-order valence-corrected chi connectivity index (χ3v) is 3.33. The number of rotatable bonds is 8. The Kier molecular flexibility index (Phi) is 6.35. The molecule has 5 nitrogen and oxygen atoms in total. The summed E-state index contributed by atoms with van der Waals surface area (Å²) in [4.78, 5) is 4.80. The Balaban J connectivity index is 2.13. The van der Waals surface area contributed by atoms with E-state index in [4.69, 9.17) is 4.84 Å². The second kappa shape index (κ2) is 7.53. The first-order chi connectivity index (χ1) is 8.53. The highest BCUT2D eigenvalue weighted by atomic mass is 32.2. The Morgan fingerprint density at radius 2 is 2.11 bits per heavy atom. The second-order valence-electron chi connectivity index (χ2n) is 4.33. The van der Waals surface area contributed by atoms with E-state index in [1.54, 1.807) is 7.11 Å². The third-order valence-electron chi connectivity index (χ3n) is 2.73. The molecule has 104 valence electrons. The molecule has 0 spiro atoms. The lowest BCUT2D eigenvalue weighted by Crippen LogP contribution is -2.04. The van der Waals surface area contributed by atoms with Crippen molar-refractivity contribution < 1.29 is 17.4 Å². The van der Waals surface area contributed by atoms with Crippen LogP contribution in [0.2, 0.25) is 0 Å². The van der Waals surface area contributed by atoms with Gasteiger partial charge in [0.2, 0.25) is 0 Å². The smallest absolute Gasteiger partial charge is 0.264 e. The van der Waals surface area contributed by atoms with Crippen molar-refractivity contribution in [3.05, 3.63) is 11.6 Å². The van der Waals surface area contributed by atoms with E-state index in [0.717, 1.165) is 50.5 Å². The Bertz CT molecular complexity index is 412. The molecule has 0 saturated carbocycles. The van der Waals surface area contributed by atoms with Gasteiger partial charge in [0.05, 0.1) is 18.6 Å². The van der Waals surface area contributed by atoms with Crippen molar-refractivity contribution in [1.29, 1.82) is 0 Å². The van der Waals surface area contributed by atoms with Crippen molar-refractivity contribution in [2.75, 3.05) is 20.0 Å². The fraction of sp³-hybridized carbons (Fsp3) is 0.750. The molecule has 0 N–H and O–H groups in total. The molecular formula is C12H21NO4S. The highest BCUT2D eigenvalue weighted by Crippen LogP contribution is 2.21. The van der Waals surface area contributed by atoms with E-state index in [1.807, 2.05) is 0 Å². The van der Waals surface area contributed by atoms with E-state index in [-0.39, 0.29) is 6.61 Å². The van der Waals surface area contributed by atoms with E-state index in [0.29, 0.717) is 0 Å². The van der Waals surface area contributed by atoms with Crippen molar-refractivity contribution >= 4 is 15.8 Å². The number of unbranched alkanes of at least 4 members (excludes halogenated alkanes) is 2. The molecule has 1 aliphatic rings. The van der Waals surface area contributed by atoms with Gasteiger partial charge in [0, 0.05) is 0 Å². The molecule has 0 fully saturated rings. The standard InChI is InChI=1S/C12H21NO4S/c1-16-13-12-9-6-8-11(12)7-4-3-5-10-17-18(2,14)15/h8H,3-7,9-10H2,1-2H3. The molecule has 0 unspecified atom stereocenters. The summed E-state index contributed by atoms with van der Waals surface area (Å²) in [5.41, 5.74) is 2.31. The molecule has 0 aromatic heterocycles. The lowest BCUT2D eigenvalue weighted by molar-refractivity contribution is 0.213. The fourth-order valence-corrected chi connectivity index (χ4v) is 2.35. The molecule has 0 bridgehead atoms. The van der Waals surface area contributed by atoms with Crippen LogP contribution in [0.1, 0.15) is 38.5 Å². The van der Waals surface area contributed by atoms with Gasteiger partial charge in [0.25, 0.3) is 10.1 Å². The second-order valence-corrected chi connectivity index (χ2v) is 5.97. The van der Waals surface area contributed by atoms with Crippen LogP contribution in [0, 0.1) is 0 Å². The predicted octanol–water partition coefficient (Wildman–Crippen LogP) is 2.25. The van der Waals surface area contributed by atoms with Crippen molar-refractivity contribution in [2.24, 2.45) is 5.16 Å². The van der Waals surface area contributed by atoms with Crippen molar-refractivity contribution in [3.8, 4) is 0 Å². The van der Waals surface area contributed by atoms with E-state index in [1.165, 1.54) is 5.57 Å². The average molecular weight is 275 g/mol. The molecule has 6 heteroatoms. The molecule has 0 aromatic rings. The van der Waals surface area contributed by atoms with Crippen molar-refractivity contribution in [2.45, 2.75) is 38.5 Å². The lowest BCUT2D eigenvalue weighted by atomic mass is 10.1. The molecule has 0 aliphatic heterocycles. The highest BCUT2D eigenvalue weighted by molar-refractivity contribution is 7.85. The van der Waals surface area contributed by atoms with Gasteiger partial charge in [0.1, 0.15) is 7.11 Å². The number of hydrogen-bond donors (Lipinski definition) is 0. The Morgan fingerprint density at radius 1 is 1.33 bits per heavy atom. The van der Waals surface area contributed by atoms with Crippen LogP contribution >= 0.6 is 0 Å². The molecule has 0 amide bonds. The quantitative estimate of drug-likeness (QED) is 0.387. The largest absolute Gasteiger partial charge is 0.399 e. The number of nitrogens with zero attached hydrogens (tertiary/aromatic N) is 1. The zero-order chi connectivity index (χ0) is 13.4. The van der Waals surface area contributed by atoms with Crippen LogP contribution in [-0.4, -0.2) is 34.1 Å². The van der Waals surface area contributed by atoms with Gasteiger partial charge in [0.15, 0.2) is 0 Å². The summed E-state index contributed by atoms with van der Waals surface area (Å²) in [6.07, 6.45) is 8.97. The molecule has 0 aromatic carbocycles. The van der Waals surface area contributed by atoms with E-state index >= 15 is 0 Å². The van der Waals surface area contributed by atoms with Crippen LogP contribution in [0.4, 0.5) is 0 Å². The summed E-state index contributed by atoms with van der Waals surface area (Å²) in [6.45, 7) is 0.275. The van der Waals surface area contributed by atoms with Gasteiger partial charge in [-0.2, -0.15) is 8.42 Å². The number of allylic oxidation sites excluding steroid dienone is 2. The molecule has 0 radical (unpaired) electrons. The summed E-state index contributed by atoms with van der Waals surface area (Å²) in [5, 5.41) is 4.00. The molecule has 18 heavy (non-hydrogen) atoms. The zero-order valence-corrected chi connectivity index (χ0v) is 11.8. The van der Waals surface area contributed by atoms with E-state index in [2.05, 4.69) is 15.4 Å². The van der Waals surface area contributed by atoms with Crippen molar-refractivity contribution in [1.82, 2.24) is 0 Å². The molecule has 1 aliphatic carbocycles. The van der Waals surface area contributed by atoms with Gasteiger partial charge in [-0.25, -0.2) is 0 Å². The molecular weight excluding hydrogens is 254 g/mol. The molecule has 1 rings (SSSR count). The summed E-state index contributed by atoms with van der Waals surface area (Å²) in [7, 11) is -1.73. The first-order valence-electron chi connectivity index (χ1n) is 6.17. The number of hydrogen-bond acceptors (Lipinski definition) is 5. The lowest BCUT2D eigenvalue weighted by Gasteiger charge is -2.04. The summed E-state index contributed by atoms with van der Waals surface area (Å²) in [5.74, 6) is 0. The zero-order valence-electron chi connectivity index (χ0n) is 11.0. The summed E-state index contributed by atoms with van der Waals surface area (Å²) >= 11 is 0. The van der Waals surface area contributed by atoms with Gasteiger partial charge < -0.3 is 4.84 Å². The van der Waals surface area contributed by atoms with Crippen LogP contribution in [0.15, 0.2) is 16.8 Å². The minimum absolute atomic E-state index is 0.275. The van der Waals surface area contributed by atoms with Crippen LogP contribution in [0.3, 0.4) is 0 Å². The Labute approximate surface area is 109 Å². The maximum atomic E-state index is 10.7. The topological polar surface area (TPSA) is 65.0 Å². The predicted molar refractivity (Wildman–Crippen MR) is 71.0 cm³/mol. The van der Waals surface area contributed by atoms with Gasteiger partial charge in [-0.15, -0.1) is 0 Å². The normalized spacial score (nSPS) is 18.1. The van der Waals surface area contributed by atoms with Crippen LogP contribution in [-0.2, 0) is 19.1 Å². The average Bonchev–Trinajstić information content (AvgIpc) is 2.70. The van der Waals surface area contributed by atoms with Gasteiger partial charge >= 0.3 is 0 Å². The summed E-state index contributed by atoms with van der Waals surface area (Å²) in [6, 6.07) is 0. The summed E-state index contributed by atoms with van der Waals surface area (Å²) < 4.78 is 26.1. The van der Waals surface area contributed by atoms with Gasteiger partial charge in [-0.1, -0.05) is 17.7 Å². The monoisotopic (exact) mass is 275 g/mol. The third kappa shape index (κ3) is 6.16. The SMILES string of the molecule is CON=C1CCC=C1CCCCCOS(C)(=O)=O. The van der Waals surface area contributed by atoms with Crippen molar-refractivity contribution in [3.63, 3.8) is 0 Å².